The highest BCUT2D eigenvalue weighted by Crippen LogP contribution is 2.33. The number of nitrogens with zero attached hydrogens (tertiary/aromatic N) is 2. The van der Waals surface area contributed by atoms with Crippen LogP contribution in [0.5, 0.6) is 5.75 Å². The SMILES string of the molecule is Cc1c([B]OC(C)(C)C(C)(C)O)cccc1-c1nc2cc(CN3CCCC3)c(OC(F)F)cc2o1. The Bertz CT molecular complexity index is 1180. The van der Waals surface area contributed by atoms with Crippen LogP contribution in [0, 0.1) is 6.92 Å². The molecule has 0 aliphatic carbocycles. The van der Waals surface area contributed by atoms with E-state index in [2.05, 4.69) is 9.88 Å². The Kier molecular flexibility index (Phi) is 7.22. The normalized spacial score (nSPS) is 15.3. The first-order valence-corrected chi connectivity index (χ1v) is 11.9. The van der Waals surface area contributed by atoms with E-state index in [4.69, 9.17) is 13.8 Å². The van der Waals surface area contributed by atoms with E-state index < -0.39 is 17.8 Å². The number of halogens is 2. The molecule has 1 N–H and O–H groups in total. The van der Waals surface area contributed by atoms with E-state index in [0.29, 0.717) is 29.1 Å². The molecule has 0 saturated carbocycles. The number of oxazole rings is 1. The Morgan fingerprint density at radius 1 is 1.17 bits per heavy atom. The molecular weight excluding hydrogens is 453 g/mol. The maximum Gasteiger partial charge on any atom is 0.387 e. The van der Waals surface area contributed by atoms with E-state index in [1.165, 1.54) is 6.07 Å². The van der Waals surface area contributed by atoms with Crippen molar-refractivity contribution in [3.63, 3.8) is 0 Å². The fraction of sp³-hybridized carbons (Fsp3) is 0.500. The number of hydrogen-bond acceptors (Lipinski definition) is 6. The van der Waals surface area contributed by atoms with Gasteiger partial charge in [-0.05, 0) is 83.7 Å². The van der Waals surface area contributed by atoms with Crippen molar-refractivity contribution in [3.05, 3.63) is 41.5 Å². The third-order valence-corrected chi connectivity index (χ3v) is 6.94. The van der Waals surface area contributed by atoms with E-state index in [-0.39, 0.29) is 5.75 Å². The number of rotatable bonds is 9. The molecule has 0 unspecified atom stereocenters. The molecule has 9 heteroatoms. The van der Waals surface area contributed by atoms with Crippen LogP contribution in [0.2, 0.25) is 0 Å². The van der Waals surface area contributed by atoms with Crippen molar-refractivity contribution >= 4 is 24.0 Å². The first-order chi connectivity index (χ1) is 16.4. The minimum atomic E-state index is -2.92. The number of benzene rings is 2. The van der Waals surface area contributed by atoms with Gasteiger partial charge in [0.05, 0.1) is 11.2 Å². The van der Waals surface area contributed by atoms with Crippen molar-refractivity contribution in [1.82, 2.24) is 9.88 Å². The topological polar surface area (TPSA) is 68.0 Å². The van der Waals surface area contributed by atoms with Gasteiger partial charge in [0.1, 0.15) is 11.3 Å². The van der Waals surface area contributed by atoms with Gasteiger partial charge in [0.15, 0.2) is 5.58 Å². The molecule has 1 aliphatic rings. The average molecular weight is 485 g/mol. The zero-order valence-electron chi connectivity index (χ0n) is 20.9. The Balaban J connectivity index is 1.65. The predicted molar refractivity (Wildman–Crippen MR) is 132 cm³/mol. The van der Waals surface area contributed by atoms with Crippen molar-refractivity contribution < 1.29 is 27.7 Å². The minimum Gasteiger partial charge on any atom is -0.436 e. The smallest absolute Gasteiger partial charge is 0.387 e. The number of likely N-dealkylation sites (tertiary alicyclic amines) is 1. The summed E-state index contributed by atoms with van der Waals surface area (Å²) in [6.45, 7) is 8.45. The van der Waals surface area contributed by atoms with Crippen LogP contribution in [0.15, 0.2) is 34.7 Å². The number of hydrogen-bond donors (Lipinski definition) is 1. The van der Waals surface area contributed by atoms with Crippen LogP contribution in [0.1, 0.15) is 51.7 Å². The van der Waals surface area contributed by atoms with Crippen molar-refractivity contribution in [3.8, 4) is 17.2 Å². The lowest BCUT2D eigenvalue weighted by molar-refractivity contribution is -0.0893. The van der Waals surface area contributed by atoms with Crippen molar-refractivity contribution in [1.29, 1.82) is 0 Å². The van der Waals surface area contributed by atoms with Crippen LogP contribution in [0.4, 0.5) is 8.78 Å². The minimum absolute atomic E-state index is 0.114. The summed E-state index contributed by atoms with van der Waals surface area (Å²) in [6, 6.07) is 8.95. The van der Waals surface area contributed by atoms with Crippen LogP contribution in [0.25, 0.3) is 22.6 Å². The highest BCUT2D eigenvalue weighted by molar-refractivity contribution is 6.48. The predicted octanol–water partition coefficient (Wildman–Crippen LogP) is 4.81. The van der Waals surface area contributed by atoms with Gasteiger partial charge in [-0.15, -0.1) is 0 Å². The molecule has 0 atom stereocenters. The summed E-state index contributed by atoms with van der Waals surface area (Å²) in [5, 5.41) is 10.4. The molecule has 0 amide bonds. The summed E-state index contributed by atoms with van der Waals surface area (Å²) in [5.74, 6) is 0.499. The summed E-state index contributed by atoms with van der Waals surface area (Å²) >= 11 is 0. The number of fused-ring (bicyclic) bond motifs is 1. The summed E-state index contributed by atoms with van der Waals surface area (Å²) in [6.07, 6.45) is 2.20. The van der Waals surface area contributed by atoms with E-state index in [1.807, 2.05) is 39.0 Å². The van der Waals surface area contributed by atoms with Gasteiger partial charge in [0, 0.05) is 23.7 Å². The fourth-order valence-electron chi connectivity index (χ4n) is 3.99. The van der Waals surface area contributed by atoms with Crippen molar-refractivity contribution in [2.24, 2.45) is 0 Å². The van der Waals surface area contributed by atoms with Gasteiger partial charge in [0.25, 0.3) is 0 Å². The molecule has 1 aromatic heterocycles. The maximum atomic E-state index is 13.1. The molecule has 2 aromatic carbocycles. The van der Waals surface area contributed by atoms with Gasteiger partial charge in [-0.2, -0.15) is 8.78 Å². The monoisotopic (exact) mass is 485 g/mol. The molecule has 1 radical (unpaired) electrons. The lowest BCUT2D eigenvalue weighted by atomic mass is 9.79. The molecule has 187 valence electrons. The lowest BCUT2D eigenvalue weighted by Crippen LogP contribution is -2.49. The Morgan fingerprint density at radius 2 is 1.89 bits per heavy atom. The third-order valence-electron chi connectivity index (χ3n) is 6.94. The molecule has 3 aromatic rings. The first-order valence-electron chi connectivity index (χ1n) is 11.9. The second-order valence-corrected chi connectivity index (χ2v) is 10.1. The van der Waals surface area contributed by atoms with Gasteiger partial charge >= 0.3 is 14.1 Å². The lowest BCUT2D eigenvalue weighted by Gasteiger charge is -2.37. The highest BCUT2D eigenvalue weighted by Gasteiger charge is 2.36. The Morgan fingerprint density at radius 3 is 2.54 bits per heavy atom. The molecule has 0 spiro atoms. The van der Waals surface area contributed by atoms with Gasteiger partial charge in [-0.25, -0.2) is 4.98 Å². The molecule has 2 heterocycles. The number of aromatic nitrogens is 1. The van der Waals surface area contributed by atoms with Gasteiger partial charge in [-0.1, -0.05) is 12.1 Å². The number of alkyl halides is 2. The molecule has 35 heavy (non-hydrogen) atoms. The van der Waals surface area contributed by atoms with Crippen LogP contribution in [-0.4, -0.2) is 53.4 Å². The second-order valence-electron chi connectivity index (χ2n) is 10.1. The van der Waals surface area contributed by atoms with Crippen molar-refractivity contribution in [2.75, 3.05) is 13.1 Å². The van der Waals surface area contributed by atoms with Crippen LogP contribution < -0.4 is 10.2 Å². The molecule has 6 nitrogen and oxygen atoms in total. The zero-order chi connectivity index (χ0) is 25.4. The van der Waals surface area contributed by atoms with Crippen molar-refractivity contribution in [2.45, 2.75) is 71.8 Å². The first kappa shape index (κ1) is 25.6. The van der Waals surface area contributed by atoms with E-state index in [9.17, 15) is 13.9 Å². The molecule has 0 bridgehead atoms. The molecular formula is C26H32BF2N2O4. The van der Waals surface area contributed by atoms with E-state index >= 15 is 0 Å². The standard InChI is InChI=1S/C26H32BF2N2O4/c1-16-18(9-8-10-19(16)27-35-26(4,5)25(2,3)32)23-30-20-13-17(15-31-11-6-7-12-31)21(34-24(28)29)14-22(20)33-23/h8-10,13-14,24,32H,6-7,11-12,15H2,1-5H3. The second kappa shape index (κ2) is 9.87. The summed E-state index contributed by atoms with van der Waals surface area (Å²) in [4.78, 5) is 6.89. The third kappa shape index (κ3) is 5.68. The Labute approximate surface area is 205 Å². The van der Waals surface area contributed by atoms with Gasteiger partial charge in [0.2, 0.25) is 5.89 Å². The summed E-state index contributed by atoms with van der Waals surface area (Å²) < 4.78 is 42.9. The molecule has 1 aliphatic heterocycles. The van der Waals surface area contributed by atoms with Crippen LogP contribution in [-0.2, 0) is 11.2 Å². The number of ether oxygens (including phenoxy) is 1. The molecule has 4 rings (SSSR count). The fourth-order valence-corrected chi connectivity index (χ4v) is 3.99. The molecule has 1 saturated heterocycles. The largest absolute Gasteiger partial charge is 0.436 e. The average Bonchev–Trinajstić information content (AvgIpc) is 3.41. The van der Waals surface area contributed by atoms with Gasteiger partial charge < -0.3 is 18.9 Å². The van der Waals surface area contributed by atoms with E-state index in [0.717, 1.165) is 42.5 Å². The summed E-state index contributed by atoms with van der Waals surface area (Å²) in [7, 11) is 1.63. The van der Waals surface area contributed by atoms with E-state index in [1.54, 1.807) is 27.4 Å². The maximum absolute atomic E-state index is 13.1. The quantitative estimate of drug-likeness (QED) is 0.439. The highest BCUT2D eigenvalue weighted by atomic mass is 19.3. The summed E-state index contributed by atoms with van der Waals surface area (Å²) in [5.41, 5.74) is 2.25. The zero-order valence-corrected chi connectivity index (χ0v) is 20.9. The van der Waals surface area contributed by atoms with Crippen LogP contribution in [0.3, 0.4) is 0 Å². The number of aliphatic hydroxyl groups is 1. The van der Waals surface area contributed by atoms with Gasteiger partial charge in [-0.3, -0.25) is 4.90 Å². The van der Waals surface area contributed by atoms with Crippen LogP contribution >= 0.6 is 0 Å². The molecule has 1 fully saturated rings. The Hall–Kier alpha value is -2.49.